The lowest BCUT2D eigenvalue weighted by molar-refractivity contribution is -0.117. The third-order valence-electron chi connectivity index (χ3n) is 4.08. The van der Waals surface area contributed by atoms with Crippen LogP contribution in [0.3, 0.4) is 0 Å². The number of piperazine rings is 1. The summed E-state index contributed by atoms with van der Waals surface area (Å²) in [7, 11) is 0. The van der Waals surface area contributed by atoms with E-state index < -0.39 is 5.76 Å². The van der Waals surface area contributed by atoms with Crippen LogP contribution >= 0.6 is 11.8 Å². The maximum absolute atomic E-state index is 12.3. The van der Waals surface area contributed by atoms with Gasteiger partial charge in [-0.25, -0.2) is 4.98 Å². The van der Waals surface area contributed by atoms with Crippen molar-refractivity contribution in [3.63, 3.8) is 0 Å². The summed E-state index contributed by atoms with van der Waals surface area (Å²) in [6.07, 6.45) is 1.78. The van der Waals surface area contributed by atoms with Gasteiger partial charge in [0.2, 0.25) is 5.91 Å². The van der Waals surface area contributed by atoms with Crippen LogP contribution in [0.5, 0.6) is 0 Å². The summed E-state index contributed by atoms with van der Waals surface area (Å²) in [4.78, 5) is 21.3. The number of benzene rings is 1. The number of halogens is 2. The van der Waals surface area contributed by atoms with Crippen molar-refractivity contribution in [2.24, 2.45) is 0 Å². The third-order valence-corrected chi connectivity index (χ3v) is 4.80. The highest BCUT2D eigenvalue weighted by Gasteiger charge is 2.19. The zero-order chi connectivity index (χ0) is 18.4. The second-order valence-corrected chi connectivity index (χ2v) is 6.97. The van der Waals surface area contributed by atoms with Gasteiger partial charge >= 0.3 is 0 Å². The van der Waals surface area contributed by atoms with E-state index in [-0.39, 0.29) is 5.91 Å². The predicted molar refractivity (Wildman–Crippen MR) is 99.8 cm³/mol. The highest BCUT2D eigenvalue weighted by Crippen LogP contribution is 2.26. The Labute approximate surface area is 155 Å². The van der Waals surface area contributed by atoms with Crippen molar-refractivity contribution in [1.82, 2.24) is 9.88 Å². The summed E-state index contributed by atoms with van der Waals surface area (Å²) in [5.74, 6) is -1.59. The molecule has 5 nitrogen and oxygen atoms in total. The number of hydrogen-bond acceptors (Lipinski definition) is 5. The van der Waals surface area contributed by atoms with Gasteiger partial charge in [-0.1, -0.05) is 17.8 Å². The smallest absolute Gasteiger partial charge is 0.288 e. The first kappa shape index (κ1) is 18.6. The fourth-order valence-electron chi connectivity index (χ4n) is 2.80. The zero-order valence-corrected chi connectivity index (χ0v) is 15.0. The normalized spacial score (nSPS) is 15.3. The van der Waals surface area contributed by atoms with Crippen molar-refractivity contribution < 1.29 is 13.6 Å². The molecule has 26 heavy (non-hydrogen) atoms. The van der Waals surface area contributed by atoms with Gasteiger partial charge in [0.15, 0.2) is 0 Å². The van der Waals surface area contributed by atoms with Gasteiger partial charge in [0.05, 0.1) is 6.54 Å². The van der Waals surface area contributed by atoms with Gasteiger partial charge < -0.3 is 10.2 Å². The summed E-state index contributed by atoms with van der Waals surface area (Å²) in [5.41, 5.74) is 0.612. The van der Waals surface area contributed by atoms with Crippen LogP contribution in [0.15, 0.2) is 53.6 Å². The molecule has 1 aliphatic heterocycles. The largest absolute Gasteiger partial charge is 0.354 e. The number of anilines is 2. The molecule has 1 fully saturated rings. The van der Waals surface area contributed by atoms with Crippen molar-refractivity contribution in [2.75, 3.05) is 42.9 Å². The van der Waals surface area contributed by atoms with Gasteiger partial charge in [-0.15, -0.1) is 0 Å². The summed E-state index contributed by atoms with van der Waals surface area (Å²) < 4.78 is 24.6. The molecule has 0 atom stereocenters. The van der Waals surface area contributed by atoms with E-state index in [1.807, 2.05) is 18.2 Å². The predicted octanol–water partition coefficient (Wildman–Crippen LogP) is 3.16. The van der Waals surface area contributed by atoms with Crippen LogP contribution < -0.4 is 10.2 Å². The highest BCUT2D eigenvalue weighted by atomic mass is 32.2. The molecule has 138 valence electrons. The highest BCUT2D eigenvalue weighted by molar-refractivity contribution is 7.99. The standard InChI is InChI=1S/C18H20F2N4OS/c19-18(20)26-15-6-4-14(5-7-15)22-17(25)13-23-9-11-24(12-10-23)16-3-1-2-8-21-16/h1-8,18H,9-13H2,(H,22,25). The monoisotopic (exact) mass is 378 g/mol. The number of carbonyl (C=O) groups excluding carboxylic acids is 1. The maximum atomic E-state index is 12.3. The van der Waals surface area contributed by atoms with Crippen molar-refractivity contribution >= 4 is 29.2 Å². The fourth-order valence-corrected chi connectivity index (χ4v) is 3.30. The van der Waals surface area contributed by atoms with E-state index in [0.29, 0.717) is 28.9 Å². The van der Waals surface area contributed by atoms with E-state index in [0.717, 1.165) is 32.0 Å². The molecule has 1 amide bonds. The molecule has 2 heterocycles. The Hall–Kier alpha value is -2.19. The SMILES string of the molecule is O=C(CN1CCN(c2ccccn2)CC1)Nc1ccc(SC(F)F)cc1. The van der Waals surface area contributed by atoms with Gasteiger partial charge in [0, 0.05) is 43.0 Å². The Morgan fingerprint density at radius 2 is 1.85 bits per heavy atom. The number of carbonyl (C=O) groups is 1. The summed E-state index contributed by atoms with van der Waals surface area (Å²) in [6, 6.07) is 12.3. The first-order valence-electron chi connectivity index (χ1n) is 8.33. The average Bonchev–Trinajstić information content (AvgIpc) is 2.64. The minimum Gasteiger partial charge on any atom is -0.354 e. The lowest BCUT2D eigenvalue weighted by Gasteiger charge is -2.34. The van der Waals surface area contributed by atoms with Gasteiger partial charge in [-0.3, -0.25) is 9.69 Å². The van der Waals surface area contributed by atoms with E-state index in [4.69, 9.17) is 0 Å². The molecule has 3 rings (SSSR count). The van der Waals surface area contributed by atoms with Crippen LogP contribution in [0.1, 0.15) is 0 Å². The summed E-state index contributed by atoms with van der Waals surface area (Å²) in [5, 5.41) is 2.81. The molecule has 0 spiro atoms. The van der Waals surface area contributed by atoms with Crippen molar-refractivity contribution in [3.05, 3.63) is 48.7 Å². The molecule has 0 radical (unpaired) electrons. The van der Waals surface area contributed by atoms with Crippen LogP contribution in [-0.2, 0) is 4.79 Å². The molecule has 2 aromatic rings. The lowest BCUT2D eigenvalue weighted by atomic mass is 10.3. The minimum absolute atomic E-state index is 0.106. The topological polar surface area (TPSA) is 48.5 Å². The van der Waals surface area contributed by atoms with Crippen LogP contribution in [0.2, 0.25) is 0 Å². The Kier molecular flexibility index (Phi) is 6.40. The Morgan fingerprint density at radius 3 is 2.46 bits per heavy atom. The van der Waals surface area contributed by atoms with Gasteiger partial charge in [0.1, 0.15) is 5.82 Å². The fraction of sp³-hybridized carbons (Fsp3) is 0.333. The summed E-state index contributed by atoms with van der Waals surface area (Å²) in [6.45, 7) is 3.53. The first-order chi connectivity index (χ1) is 12.6. The molecule has 0 unspecified atom stereocenters. The number of amides is 1. The second-order valence-electron chi connectivity index (χ2n) is 5.90. The van der Waals surface area contributed by atoms with E-state index in [2.05, 4.69) is 20.1 Å². The zero-order valence-electron chi connectivity index (χ0n) is 14.1. The summed E-state index contributed by atoms with van der Waals surface area (Å²) >= 11 is 0.489. The first-order valence-corrected chi connectivity index (χ1v) is 9.21. The molecule has 1 aliphatic rings. The number of aromatic nitrogens is 1. The molecule has 1 saturated heterocycles. The van der Waals surface area contributed by atoms with Gasteiger partial charge in [0.25, 0.3) is 5.76 Å². The van der Waals surface area contributed by atoms with Crippen molar-refractivity contribution in [1.29, 1.82) is 0 Å². The van der Waals surface area contributed by atoms with Crippen molar-refractivity contribution in [2.45, 2.75) is 10.7 Å². The van der Waals surface area contributed by atoms with E-state index in [9.17, 15) is 13.6 Å². The molecular formula is C18H20F2N4OS. The second kappa shape index (κ2) is 8.95. The Morgan fingerprint density at radius 1 is 1.12 bits per heavy atom. The average molecular weight is 378 g/mol. The van der Waals surface area contributed by atoms with Crippen LogP contribution in [0.25, 0.3) is 0 Å². The maximum Gasteiger partial charge on any atom is 0.288 e. The minimum atomic E-state index is -2.44. The van der Waals surface area contributed by atoms with Gasteiger partial charge in [-0.05, 0) is 36.4 Å². The van der Waals surface area contributed by atoms with Crippen LogP contribution in [-0.4, -0.2) is 54.3 Å². The number of nitrogens with zero attached hydrogens (tertiary/aromatic N) is 3. The number of thioether (sulfide) groups is 1. The van der Waals surface area contributed by atoms with E-state index in [1.165, 1.54) is 0 Å². The van der Waals surface area contributed by atoms with E-state index in [1.54, 1.807) is 30.5 Å². The molecule has 0 saturated carbocycles. The molecule has 1 N–H and O–H groups in total. The molecule has 1 aromatic heterocycles. The number of rotatable bonds is 6. The van der Waals surface area contributed by atoms with Crippen LogP contribution in [0, 0.1) is 0 Å². The number of nitrogens with one attached hydrogen (secondary N) is 1. The lowest BCUT2D eigenvalue weighted by Crippen LogP contribution is -2.48. The molecular weight excluding hydrogens is 358 g/mol. The molecule has 8 heteroatoms. The quantitative estimate of drug-likeness (QED) is 0.783. The van der Waals surface area contributed by atoms with E-state index >= 15 is 0 Å². The molecule has 0 bridgehead atoms. The van der Waals surface area contributed by atoms with Crippen molar-refractivity contribution in [3.8, 4) is 0 Å². The van der Waals surface area contributed by atoms with Crippen LogP contribution in [0.4, 0.5) is 20.3 Å². The number of alkyl halides is 2. The molecule has 1 aromatic carbocycles. The Bertz CT molecular complexity index is 707. The molecule has 0 aliphatic carbocycles. The Balaban J connectivity index is 1.44. The number of hydrogen-bond donors (Lipinski definition) is 1. The van der Waals surface area contributed by atoms with Gasteiger partial charge in [-0.2, -0.15) is 8.78 Å². The third kappa shape index (κ3) is 5.40. The number of pyridine rings is 1.